The number of hydrogen-bond acceptors (Lipinski definition) is 8. The zero-order chi connectivity index (χ0) is 28.0. The summed E-state index contributed by atoms with van der Waals surface area (Å²) in [5.74, 6) is -1.69. The molecule has 0 saturated carbocycles. The number of rotatable bonds is 6. The number of anilines is 1. The molecule has 1 fully saturated rings. The minimum atomic E-state index is -1.43. The summed E-state index contributed by atoms with van der Waals surface area (Å²) < 4.78 is 17.3. The normalized spacial score (nSPS) is 17.0. The maximum atomic E-state index is 14.5. The number of halogens is 1. The van der Waals surface area contributed by atoms with Crippen molar-refractivity contribution in [2.24, 2.45) is 5.73 Å². The van der Waals surface area contributed by atoms with Crippen LogP contribution in [0.3, 0.4) is 0 Å². The molecule has 1 saturated heterocycles. The summed E-state index contributed by atoms with van der Waals surface area (Å²) in [5, 5.41) is 14.9. The lowest BCUT2D eigenvalue weighted by Gasteiger charge is -2.24. The fourth-order valence-electron chi connectivity index (χ4n) is 4.89. The van der Waals surface area contributed by atoms with Crippen LogP contribution in [0.25, 0.3) is 27.8 Å². The summed E-state index contributed by atoms with van der Waals surface area (Å²) in [6.07, 6.45) is 4.42. The molecular formula is C25H21FN10O4. The van der Waals surface area contributed by atoms with Crippen LogP contribution in [0.5, 0.6) is 0 Å². The highest BCUT2D eigenvalue weighted by Crippen LogP contribution is 2.27. The average molecular weight is 545 g/mol. The summed E-state index contributed by atoms with van der Waals surface area (Å²) in [6, 6.07) is 6.95. The summed E-state index contributed by atoms with van der Waals surface area (Å²) in [7, 11) is 0. The second-order valence-corrected chi connectivity index (χ2v) is 9.26. The lowest BCUT2D eigenvalue weighted by molar-refractivity contribution is -0.137. The first-order valence-electron chi connectivity index (χ1n) is 12.2. The van der Waals surface area contributed by atoms with Gasteiger partial charge in [-0.2, -0.15) is 15.3 Å². The van der Waals surface area contributed by atoms with E-state index in [1.807, 2.05) is 0 Å². The number of hydrogen-bond donors (Lipinski definition) is 3. The molecule has 0 aliphatic carbocycles. The van der Waals surface area contributed by atoms with Gasteiger partial charge in [-0.1, -0.05) is 6.07 Å². The molecule has 0 spiro atoms. The van der Waals surface area contributed by atoms with Crippen molar-refractivity contribution in [3.05, 3.63) is 71.2 Å². The maximum absolute atomic E-state index is 14.5. The van der Waals surface area contributed by atoms with Crippen LogP contribution in [0, 0.1) is 0 Å². The van der Waals surface area contributed by atoms with Crippen molar-refractivity contribution in [2.75, 3.05) is 11.9 Å². The summed E-state index contributed by atoms with van der Waals surface area (Å²) >= 11 is 0. The molecule has 5 heterocycles. The van der Waals surface area contributed by atoms with Crippen molar-refractivity contribution >= 4 is 40.2 Å². The van der Waals surface area contributed by atoms with E-state index >= 15 is 0 Å². The van der Waals surface area contributed by atoms with E-state index < -0.39 is 35.5 Å². The highest BCUT2D eigenvalue weighted by molar-refractivity contribution is 6.05. The first kappa shape index (κ1) is 24.8. The van der Waals surface area contributed by atoms with Crippen molar-refractivity contribution in [1.82, 2.24) is 39.2 Å². The SMILES string of the molecule is NC(=O)c1nn(CC(=O)N2CC(F)CC2C(=O)Nc2cc(=O)[nH]c3nccn23)c2ccc(-c3ccnnc3)cc12. The Labute approximate surface area is 223 Å². The molecule has 4 N–H and O–H groups in total. The van der Waals surface area contributed by atoms with E-state index in [9.17, 15) is 23.6 Å². The number of fused-ring (bicyclic) bond motifs is 2. The Balaban J connectivity index is 1.27. The van der Waals surface area contributed by atoms with Crippen LogP contribution < -0.4 is 16.6 Å². The molecule has 1 aliphatic heterocycles. The molecule has 3 amide bonds. The van der Waals surface area contributed by atoms with E-state index in [4.69, 9.17) is 5.73 Å². The van der Waals surface area contributed by atoms with E-state index in [0.717, 1.165) is 22.1 Å². The molecule has 15 heteroatoms. The number of likely N-dealkylation sites (tertiary alicyclic amines) is 1. The highest BCUT2D eigenvalue weighted by Gasteiger charge is 2.40. The van der Waals surface area contributed by atoms with Gasteiger partial charge in [0.2, 0.25) is 17.6 Å². The van der Waals surface area contributed by atoms with Gasteiger partial charge in [-0.05, 0) is 23.8 Å². The number of primary amides is 1. The first-order valence-corrected chi connectivity index (χ1v) is 12.2. The number of amides is 3. The van der Waals surface area contributed by atoms with Crippen LogP contribution in [-0.2, 0) is 16.1 Å². The van der Waals surface area contributed by atoms with Gasteiger partial charge in [-0.15, -0.1) is 0 Å². The van der Waals surface area contributed by atoms with Crippen LogP contribution in [-0.4, -0.2) is 75.7 Å². The van der Waals surface area contributed by atoms with Gasteiger partial charge in [0.25, 0.3) is 11.5 Å². The van der Waals surface area contributed by atoms with Crippen LogP contribution in [0.2, 0.25) is 0 Å². The first-order chi connectivity index (χ1) is 19.3. The fourth-order valence-corrected chi connectivity index (χ4v) is 4.89. The van der Waals surface area contributed by atoms with Crippen molar-refractivity contribution in [3.8, 4) is 11.1 Å². The van der Waals surface area contributed by atoms with E-state index in [1.54, 1.807) is 30.5 Å². The number of nitrogens with two attached hydrogens (primary N) is 1. The molecular weight excluding hydrogens is 523 g/mol. The molecule has 202 valence electrons. The van der Waals surface area contributed by atoms with Gasteiger partial charge in [0.1, 0.15) is 24.6 Å². The van der Waals surface area contributed by atoms with Crippen molar-refractivity contribution in [3.63, 3.8) is 0 Å². The Morgan fingerprint density at radius 3 is 2.75 bits per heavy atom. The Morgan fingerprint density at radius 1 is 1.12 bits per heavy atom. The van der Waals surface area contributed by atoms with E-state index in [0.29, 0.717) is 10.9 Å². The lowest BCUT2D eigenvalue weighted by Crippen LogP contribution is -2.44. The third-order valence-electron chi connectivity index (χ3n) is 6.71. The predicted octanol–water partition coefficient (Wildman–Crippen LogP) is 0.506. The molecule has 1 aromatic carbocycles. The number of carbonyl (C=O) groups is 3. The number of nitrogens with zero attached hydrogens (tertiary/aromatic N) is 7. The highest BCUT2D eigenvalue weighted by atomic mass is 19.1. The average Bonchev–Trinajstić information content (AvgIpc) is 3.66. The molecule has 2 atom stereocenters. The van der Waals surface area contributed by atoms with Gasteiger partial charge in [0.05, 0.1) is 24.5 Å². The molecule has 0 bridgehead atoms. The summed E-state index contributed by atoms with van der Waals surface area (Å²) in [6.45, 7) is -0.666. The number of alkyl halides is 1. The predicted molar refractivity (Wildman–Crippen MR) is 139 cm³/mol. The standard InChI is InChI=1S/C25H21FN10O4/c26-15-8-18(24(40)31-19-9-20(37)32-25-28-5-6-34(19)25)35(11-15)21(38)12-36-17-2-1-13(14-3-4-29-30-10-14)7-16(17)22(33-36)23(27)39/h1-7,9-10,15,18H,8,11-12H2,(H2,27,39)(H,31,40)(H,28,32,37). The third-order valence-corrected chi connectivity index (χ3v) is 6.71. The van der Waals surface area contributed by atoms with Gasteiger partial charge in [-0.3, -0.25) is 33.2 Å². The minimum Gasteiger partial charge on any atom is -0.364 e. The van der Waals surface area contributed by atoms with E-state index in [2.05, 4.69) is 30.6 Å². The fraction of sp³-hybridized carbons (Fsp3) is 0.200. The number of nitrogens with one attached hydrogen (secondary N) is 2. The van der Waals surface area contributed by atoms with Gasteiger partial charge < -0.3 is 16.0 Å². The van der Waals surface area contributed by atoms with Crippen LogP contribution in [0.15, 0.2) is 59.9 Å². The van der Waals surface area contributed by atoms with Gasteiger partial charge in [-0.25, -0.2) is 9.37 Å². The zero-order valence-corrected chi connectivity index (χ0v) is 20.7. The Hall–Kier alpha value is -5.47. The molecule has 4 aromatic heterocycles. The van der Waals surface area contributed by atoms with E-state index in [1.165, 1.54) is 27.7 Å². The van der Waals surface area contributed by atoms with Crippen LogP contribution in [0.1, 0.15) is 16.9 Å². The Bertz CT molecular complexity index is 1850. The topological polar surface area (TPSA) is 186 Å². The van der Waals surface area contributed by atoms with Crippen molar-refractivity contribution in [2.45, 2.75) is 25.2 Å². The molecule has 40 heavy (non-hydrogen) atoms. The smallest absolute Gasteiger partial charge is 0.269 e. The van der Waals surface area contributed by atoms with Gasteiger partial charge in [0.15, 0.2) is 5.69 Å². The Kier molecular flexibility index (Phi) is 6.01. The van der Waals surface area contributed by atoms with Crippen LogP contribution in [0.4, 0.5) is 10.2 Å². The van der Waals surface area contributed by atoms with Crippen molar-refractivity contribution < 1.29 is 18.8 Å². The minimum absolute atomic E-state index is 0.0376. The monoisotopic (exact) mass is 544 g/mol. The maximum Gasteiger partial charge on any atom is 0.269 e. The number of aromatic nitrogens is 7. The quantitative estimate of drug-likeness (QED) is 0.276. The largest absolute Gasteiger partial charge is 0.364 e. The summed E-state index contributed by atoms with van der Waals surface area (Å²) in [5.41, 5.74) is 6.98. The Morgan fingerprint density at radius 2 is 1.98 bits per heavy atom. The summed E-state index contributed by atoms with van der Waals surface area (Å²) in [4.78, 5) is 58.3. The molecule has 5 aromatic rings. The number of H-pyrrole nitrogens is 1. The lowest BCUT2D eigenvalue weighted by atomic mass is 10.0. The second kappa shape index (κ2) is 9.68. The van der Waals surface area contributed by atoms with E-state index in [-0.39, 0.29) is 36.8 Å². The van der Waals surface area contributed by atoms with Crippen molar-refractivity contribution in [1.29, 1.82) is 0 Å². The number of aromatic amines is 1. The number of imidazole rings is 1. The van der Waals surface area contributed by atoms with Crippen LogP contribution >= 0.6 is 0 Å². The third kappa shape index (κ3) is 4.42. The molecule has 0 radical (unpaired) electrons. The molecule has 1 aliphatic rings. The molecule has 14 nitrogen and oxygen atoms in total. The second-order valence-electron chi connectivity index (χ2n) is 9.26. The van der Waals surface area contributed by atoms with Gasteiger partial charge in [0, 0.05) is 35.8 Å². The molecule has 2 unspecified atom stereocenters. The number of carbonyl (C=O) groups excluding carboxylic acids is 3. The number of benzene rings is 1. The van der Waals surface area contributed by atoms with Gasteiger partial charge >= 0.3 is 0 Å². The zero-order valence-electron chi connectivity index (χ0n) is 20.7. The molecule has 6 rings (SSSR count).